The number of carbonyl (C=O) groups is 1. The van der Waals surface area contributed by atoms with Gasteiger partial charge in [0, 0.05) is 35.2 Å². The van der Waals surface area contributed by atoms with Crippen LogP contribution in [0, 0.1) is 12.8 Å². The molecule has 0 radical (unpaired) electrons. The lowest BCUT2D eigenvalue weighted by molar-refractivity contribution is -0.172. The maximum Gasteiger partial charge on any atom is 0.332 e. The molecule has 0 saturated carbocycles. The third kappa shape index (κ3) is 5.98. The number of para-hydroxylation sites is 2. The number of aromatic nitrogens is 2. The molecule has 6 heteroatoms. The highest BCUT2D eigenvalue weighted by Gasteiger charge is 2.47. The molecule has 1 aliphatic rings. The summed E-state index contributed by atoms with van der Waals surface area (Å²) in [6.45, 7) is 5.27. The number of methoxy groups -OCH3 is 1. The Kier molecular flexibility index (Phi) is 7.61. The van der Waals surface area contributed by atoms with Crippen LogP contribution >= 0.6 is 0 Å². The highest BCUT2D eigenvalue weighted by Crippen LogP contribution is 2.48. The Bertz CT molecular complexity index is 1230. The number of nitrogens with zero attached hydrogens (tertiary/aromatic N) is 2. The van der Waals surface area contributed by atoms with Crippen LogP contribution in [0.4, 0.5) is 0 Å². The number of H-pyrrole nitrogens is 1. The predicted octanol–water partition coefficient (Wildman–Crippen LogP) is 5.44. The highest BCUT2D eigenvalue weighted by atomic mass is 16.6. The van der Waals surface area contributed by atoms with Crippen molar-refractivity contribution in [3.05, 3.63) is 65.0 Å². The summed E-state index contributed by atoms with van der Waals surface area (Å²) in [5.74, 6) is 0.668. The van der Waals surface area contributed by atoms with E-state index in [0.717, 1.165) is 23.3 Å². The van der Waals surface area contributed by atoms with Crippen molar-refractivity contribution in [2.45, 2.75) is 64.4 Å². The number of carbonyl (C=O) groups excluding carboxylic acids is 1. The van der Waals surface area contributed by atoms with E-state index in [1.165, 1.54) is 23.8 Å². The summed E-state index contributed by atoms with van der Waals surface area (Å²) in [6.07, 6.45) is 2.87. The molecular formula is C30H41N3O3. The molecule has 0 aliphatic heterocycles. The second kappa shape index (κ2) is 11.6. The van der Waals surface area contributed by atoms with Gasteiger partial charge in [-0.2, -0.15) is 0 Å². The van der Waals surface area contributed by atoms with Crippen molar-refractivity contribution < 1.29 is 17.0 Å². The van der Waals surface area contributed by atoms with Gasteiger partial charge in [0.1, 0.15) is 18.0 Å². The van der Waals surface area contributed by atoms with Crippen LogP contribution in [0.1, 0.15) is 64.3 Å². The molecule has 0 unspecified atom stereocenters. The van der Waals surface area contributed by atoms with Crippen LogP contribution in [0.2, 0.25) is 0 Å². The number of aromatic amines is 1. The lowest BCUT2D eigenvalue weighted by Gasteiger charge is -2.47. The summed E-state index contributed by atoms with van der Waals surface area (Å²) in [6, 6.07) is 14.4. The molecule has 2 aromatic carbocycles. The fourth-order valence-electron chi connectivity index (χ4n) is 5.75. The summed E-state index contributed by atoms with van der Waals surface area (Å²) in [5, 5.41) is 0. The van der Waals surface area contributed by atoms with Gasteiger partial charge in [-0.25, -0.2) is 9.78 Å². The van der Waals surface area contributed by atoms with Crippen LogP contribution < -0.4 is 0 Å². The Morgan fingerprint density at radius 2 is 2.11 bits per heavy atom. The number of hydrogen-bond donors (Lipinski definition) is 1. The molecule has 1 N–H and O–H groups in total. The van der Waals surface area contributed by atoms with Crippen molar-refractivity contribution in [1.29, 1.82) is 0 Å². The van der Waals surface area contributed by atoms with Gasteiger partial charge in [-0.3, -0.25) is 0 Å². The minimum absolute atomic E-state index is 0.0162. The molecule has 0 bridgehead atoms. The molecule has 6 nitrogen and oxygen atoms in total. The van der Waals surface area contributed by atoms with E-state index in [2.05, 4.69) is 48.9 Å². The van der Waals surface area contributed by atoms with Crippen LogP contribution in [-0.4, -0.2) is 60.2 Å². The summed E-state index contributed by atoms with van der Waals surface area (Å²) < 4.78 is 29.0. The Labute approximate surface area is 218 Å². The number of hydrogen-bond acceptors (Lipinski definition) is 5. The lowest BCUT2D eigenvalue weighted by atomic mass is 9.65. The van der Waals surface area contributed by atoms with E-state index in [-0.39, 0.29) is 24.4 Å². The number of esters is 1. The monoisotopic (exact) mass is 493 g/mol. The van der Waals surface area contributed by atoms with Gasteiger partial charge in [0.05, 0.1) is 11.0 Å². The highest BCUT2D eigenvalue weighted by molar-refractivity contribution is 5.74. The predicted molar refractivity (Wildman–Crippen MR) is 144 cm³/mol. The SMILES string of the molecule is [2H]C([2H])(CCc1nc2ccccc2[nH]1)N(C)CC[C@@]1(OC(=O)COC)CCc2cc(C)ccc2[C@@H]1C(C)C. The molecule has 194 valence electrons. The molecule has 0 amide bonds. The number of rotatable bonds is 11. The minimum Gasteiger partial charge on any atom is -0.457 e. The fraction of sp³-hybridized carbons (Fsp3) is 0.533. The van der Waals surface area contributed by atoms with Crippen molar-refractivity contribution in [3.8, 4) is 0 Å². The molecule has 4 rings (SSSR count). The molecule has 1 aromatic heterocycles. The maximum absolute atomic E-state index is 12.8. The van der Waals surface area contributed by atoms with Crippen LogP contribution in [0.15, 0.2) is 42.5 Å². The average Bonchev–Trinajstić information content (AvgIpc) is 3.29. The number of benzene rings is 2. The van der Waals surface area contributed by atoms with Gasteiger partial charge in [0.25, 0.3) is 0 Å². The molecule has 36 heavy (non-hydrogen) atoms. The first-order valence-electron chi connectivity index (χ1n) is 14.0. The molecule has 1 heterocycles. The second-order valence-electron chi connectivity index (χ2n) is 10.4. The standard InChI is InChI=1S/C30H41N3O3/c1-21(2)29-24-13-12-22(3)19-23(24)14-15-30(29,36-28(34)20-35-5)16-18-33(4)17-8-11-27-31-25-9-6-7-10-26(25)32-27/h6-7,9-10,12-13,19,21,29H,8,11,14-18,20H2,1-5H3,(H,31,32)/t29-,30-/m0/s1/i17D2. The maximum atomic E-state index is 12.8. The fourth-order valence-corrected chi connectivity index (χ4v) is 5.75. The Balaban J connectivity index is 1.52. The smallest absolute Gasteiger partial charge is 0.332 e. The first-order valence-corrected chi connectivity index (χ1v) is 13.0. The first kappa shape index (κ1) is 23.7. The average molecular weight is 494 g/mol. The molecule has 2 atom stereocenters. The van der Waals surface area contributed by atoms with Gasteiger partial charge in [-0.1, -0.05) is 49.7 Å². The van der Waals surface area contributed by atoms with Crippen molar-refractivity contribution in [3.63, 3.8) is 0 Å². The normalized spacial score (nSPS) is 20.9. The van der Waals surface area contributed by atoms with Gasteiger partial charge in [-0.05, 0) is 68.9 Å². The van der Waals surface area contributed by atoms with E-state index in [1.54, 1.807) is 4.90 Å². The minimum atomic E-state index is -1.55. The zero-order valence-electron chi connectivity index (χ0n) is 24.3. The molecule has 0 fully saturated rings. The summed E-state index contributed by atoms with van der Waals surface area (Å²) in [5.41, 5.74) is 4.91. The van der Waals surface area contributed by atoms with Crippen molar-refractivity contribution in [2.75, 3.05) is 33.8 Å². The van der Waals surface area contributed by atoms with Gasteiger partial charge in [0.15, 0.2) is 0 Å². The van der Waals surface area contributed by atoms with Crippen molar-refractivity contribution in [1.82, 2.24) is 14.9 Å². The van der Waals surface area contributed by atoms with E-state index in [1.807, 2.05) is 31.3 Å². The van der Waals surface area contributed by atoms with Crippen molar-refractivity contribution >= 4 is 17.0 Å². The molecular weight excluding hydrogens is 450 g/mol. The molecule has 0 spiro atoms. The van der Waals surface area contributed by atoms with E-state index in [4.69, 9.17) is 12.2 Å². The van der Waals surface area contributed by atoms with E-state index >= 15 is 0 Å². The zero-order chi connectivity index (χ0) is 27.5. The molecule has 0 saturated heterocycles. The van der Waals surface area contributed by atoms with E-state index in [9.17, 15) is 4.79 Å². The van der Waals surface area contributed by atoms with Gasteiger partial charge in [0.2, 0.25) is 0 Å². The Morgan fingerprint density at radius 3 is 2.86 bits per heavy atom. The number of ether oxygens (including phenoxy) is 2. The third-order valence-electron chi connectivity index (χ3n) is 7.32. The van der Waals surface area contributed by atoms with Crippen LogP contribution in [0.5, 0.6) is 0 Å². The topological polar surface area (TPSA) is 67.5 Å². The van der Waals surface area contributed by atoms with Crippen LogP contribution in [0.3, 0.4) is 0 Å². The third-order valence-corrected chi connectivity index (χ3v) is 7.32. The van der Waals surface area contributed by atoms with Crippen molar-refractivity contribution in [2.24, 2.45) is 5.92 Å². The Hall–Kier alpha value is -2.70. The molecule has 1 aliphatic carbocycles. The van der Waals surface area contributed by atoms with Gasteiger partial charge < -0.3 is 19.4 Å². The largest absolute Gasteiger partial charge is 0.457 e. The quantitative estimate of drug-likeness (QED) is 0.360. The Morgan fingerprint density at radius 1 is 1.31 bits per heavy atom. The number of nitrogens with one attached hydrogen (secondary N) is 1. The number of fused-ring (bicyclic) bond motifs is 2. The zero-order valence-corrected chi connectivity index (χ0v) is 22.3. The van der Waals surface area contributed by atoms with Crippen LogP contribution in [0.25, 0.3) is 11.0 Å². The van der Waals surface area contributed by atoms with Gasteiger partial charge in [-0.15, -0.1) is 0 Å². The lowest BCUT2D eigenvalue weighted by Crippen LogP contribution is -2.49. The van der Waals surface area contributed by atoms with Crippen LogP contribution in [-0.2, 0) is 27.1 Å². The van der Waals surface area contributed by atoms with E-state index < -0.39 is 12.1 Å². The summed E-state index contributed by atoms with van der Waals surface area (Å²) in [4.78, 5) is 22.4. The summed E-state index contributed by atoms with van der Waals surface area (Å²) >= 11 is 0. The first-order chi connectivity index (χ1) is 18.0. The second-order valence-corrected chi connectivity index (χ2v) is 10.4. The number of aryl methyl sites for hydroxylation is 3. The molecule has 3 aromatic rings. The van der Waals surface area contributed by atoms with Gasteiger partial charge >= 0.3 is 5.97 Å². The number of imidazole rings is 1. The van der Waals surface area contributed by atoms with E-state index in [0.29, 0.717) is 32.2 Å². The summed E-state index contributed by atoms with van der Waals surface area (Å²) in [7, 11) is 3.31.